The summed E-state index contributed by atoms with van der Waals surface area (Å²) in [6.45, 7) is 6.01. The molecule has 0 radical (unpaired) electrons. The molecule has 0 fully saturated rings. The standard InChI is InChI=1S/C21H23FN2O4/c1-4-26-16-11-17(19(22)18(12-16)27-5-2)20(21(25)28-6-3)24-15-9-7-14(13-23)8-10-15/h7-12,20,24H,4-6H2,1-3H3. The number of ether oxygens (including phenoxy) is 3. The molecule has 0 aliphatic heterocycles. The Hall–Kier alpha value is -3.27. The van der Waals surface area contributed by atoms with Crippen molar-refractivity contribution >= 4 is 11.7 Å². The fourth-order valence-corrected chi connectivity index (χ4v) is 2.61. The molecule has 0 spiro atoms. The SMILES string of the molecule is CCOC(=O)C(Nc1ccc(C#N)cc1)c1cc(OCC)cc(OCC)c1F. The third-order valence-corrected chi connectivity index (χ3v) is 3.81. The predicted molar refractivity (Wildman–Crippen MR) is 103 cm³/mol. The molecule has 6 nitrogen and oxygen atoms in total. The van der Waals surface area contributed by atoms with Crippen molar-refractivity contribution in [2.75, 3.05) is 25.1 Å². The van der Waals surface area contributed by atoms with E-state index >= 15 is 4.39 Å². The first-order chi connectivity index (χ1) is 13.5. The molecule has 2 aromatic rings. The van der Waals surface area contributed by atoms with E-state index in [1.165, 1.54) is 12.1 Å². The van der Waals surface area contributed by atoms with Crippen LogP contribution >= 0.6 is 0 Å². The first-order valence-corrected chi connectivity index (χ1v) is 9.06. The highest BCUT2D eigenvalue weighted by atomic mass is 19.1. The molecule has 0 aromatic heterocycles. The molecule has 2 aromatic carbocycles. The van der Waals surface area contributed by atoms with E-state index < -0.39 is 17.8 Å². The number of hydrogen-bond acceptors (Lipinski definition) is 6. The Balaban J connectivity index is 2.49. The lowest BCUT2D eigenvalue weighted by Crippen LogP contribution is -2.25. The number of rotatable bonds is 9. The Bertz CT molecular complexity index is 847. The molecule has 0 aliphatic rings. The normalized spacial score (nSPS) is 11.2. The largest absolute Gasteiger partial charge is 0.494 e. The second-order valence-corrected chi connectivity index (χ2v) is 5.71. The van der Waals surface area contributed by atoms with Gasteiger partial charge in [0.15, 0.2) is 17.6 Å². The summed E-state index contributed by atoms with van der Waals surface area (Å²) in [4.78, 5) is 12.6. The van der Waals surface area contributed by atoms with E-state index in [1.54, 1.807) is 45.0 Å². The summed E-state index contributed by atoms with van der Waals surface area (Å²) in [6.07, 6.45) is 0. The summed E-state index contributed by atoms with van der Waals surface area (Å²) in [5, 5.41) is 11.9. The zero-order chi connectivity index (χ0) is 20.5. The van der Waals surface area contributed by atoms with Gasteiger partial charge in [0.2, 0.25) is 0 Å². The highest BCUT2D eigenvalue weighted by Gasteiger charge is 2.28. The van der Waals surface area contributed by atoms with E-state index in [1.807, 2.05) is 6.07 Å². The summed E-state index contributed by atoms with van der Waals surface area (Å²) in [6, 6.07) is 10.3. The van der Waals surface area contributed by atoms with Gasteiger partial charge in [0.25, 0.3) is 0 Å². The van der Waals surface area contributed by atoms with Gasteiger partial charge in [-0.2, -0.15) is 5.26 Å². The Labute approximate surface area is 163 Å². The summed E-state index contributed by atoms with van der Waals surface area (Å²) >= 11 is 0. The zero-order valence-electron chi connectivity index (χ0n) is 16.1. The Morgan fingerprint density at radius 2 is 1.79 bits per heavy atom. The van der Waals surface area contributed by atoms with Crippen LogP contribution in [0, 0.1) is 17.1 Å². The second kappa shape index (κ2) is 10.2. The number of anilines is 1. The molecular weight excluding hydrogens is 363 g/mol. The van der Waals surface area contributed by atoms with E-state index in [0.717, 1.165) is 0 Å². The average Bonchev–Trinajstić information content (AvgIpc) is 2.69. The number of carbonyl (C=O) groups excluding carboxylic acids is 1. The number of nitrogens with one attached hydrogen (secondary N) is 1. The van der Waals surface area contributed by atoms with Gasteiger partial charge in [0.1, 0.15) is 5.75 Å². The Morgan fingerprint density at radius 3 is 2.36 bits per heavy atom. The molecule has 0 saturated carbocycles. The number of esters is 1. The molecule has 2 rings (SSSR count). The lowest BCUT2D eigenvalue weighted by atomic mass is 10.0. The third kappa shape index (κ3) is 5.13. The highest BCUT2D eigenvalue weighted by molar-refractivity contribution is 5.81. The fraction of sp³-hybridized carbons (Fsp3) is 0.333. The summed E-state index contributed by atoms with van der Waals surface area (Å²) in [7, 11) is 0. The van der Waals surface area contributed by atoms with Gasteiger partial charge >= 0.3 is 5.97 Å². The van der Waals surface area contributed by atoms with E-state index in [-0.39, 0.29) is 24.5 Å². The van der Waals surface area contributed by atoms with E-state index in [4.69, 9.17) is 19.5 Å². The number of nitriles is 1. The number of nitrogens with zero attached hydrogens (tertiary/aromatic N) is 1. The van der Waals surface area contributed by atoms with Crippen LogP contribution in [-0.4, -0.2) is 25.8 Å². The number of halogens is 1. The molecule has 0 saturated heterocycles. The van der Waals surface area contributed by atoms with Crippen LogP contribution in [0.15, 0.2) is 36.4 Å². The van der Waals surface area contributed by atoms with Crippen LogP contribution in [0.25, 0.3) is 0 Å². The van der Waals surface area contributed by atoms with Crippen molar-refractivity contribution in [2.45, 2.75) is 26.8 Å². The minimum absolute atomic E-state index is 0.000577. The molecule has 0 heterocycles. The summed E-state index contributed by atoms with van der Waals surface area (Å²) < 4.78 is 31.1. The highest BCUT2D eigenvalue weighted by Crippen LogP contribution is 2.33. The van der Waals surface area contributed by atoms with Crippen molar-refractivity contribution in [2.24, 2.45) is 0 Å². The molecule has 0 aliphatic carbocycles. The zero-order valence-corrected chi connectivity index (χ0v) is 16.1. The third-order valence-electron chi connectivity index (χ3n) is 3.81. The van der Waals surface area contributed by atoms with Crippen LogP contribution in [0.3, 0.4) is 0 Å². The fourth-order valence-electron chi connectivity index (χ4n) is 2.61. The van der Waals surface area contributed by atoms with Crippen molar-refractivity contribution in [1.29, 1.82) is 5.26 Å². The maximum Gasteiger partial charge on any atom is 0.333 e. The topological polar surface area (TPSA) is 80.6 Å². The van der Waals surface area contributed by atoms with Gasteiger partial charge in [0.05, 0.1) is 31.5 Å². The summed E-state index contributed by atoms with van der Waals surface area (Å²) in [5.74, 6) is -0.913. The maximum atomic E-state index is 15.1. The van der Waals surface area contributed by atoms with E-state index in [0.29, 0.717) is 23.6 Å². The van der Waals surface area contributed by atoms with Crippen LogP contribution in [0.1, 0.15) is 37.9 Å². The van der Waals surface area contributed by atoms with Gasteiger partial charge < -0.3 is 19.5 Å². The van der Waals surface area contributed by atoms with Gasteiger partial charge in [-0.15, -0.1) is 0 Å². The molecule has 0 amide bonds. The molecule has 1 atom stereocenters. The van der Waals surface area contributed by atoms with Crippen molar-refractivity contribution in [3.63, 3.8) is 0 Å². The summed E-state index contributed by atoms with van der Waals surface area (Å²) in [5.41, 5.74) is 1.06. The second-order valence-electron chi connectivity index (χ2n) is 5.71. The molecule has 1 N–H and O–H groups in total. The number of hydrogen-bond donors (Lipinski definition) is 1. The smallest absolute Gasteiger partial charge is 0.333 e. The first-order valence-electron chi connectivity index (χ1n) is 9.06. The van der Waals surface area contributed by atoms with E-state index in [2.05, 4.69) is 5.32 Å². The first kappa shape index (κ1) is 21.0. The number of carbonyl (C=O) groups is 1. The lowest BCUT2D eigenvalue weighted by Gasteiger charge is -2.21. The number of benzene rings is 2. The van der Waals surface area contributed by atoms with Crippen molar-refractivity contribution in [3.8, 4) is 17.6 Å². The quantitative estimate of drug-likeness (QED) is 0.650. The molecule has 0 bridgehead atoms. The predicted octanol–water partition coefficient (Wildman–Crippen LogP) is 4.21. The lowest BCUT2D eigenvalue weighted by molar-refractivity contribution is -0.144. The van der Waals surface area contributed by atoms with Crippen LogP contribution in [0.5, 0.6) is 11.5 Å². The minimum atomic E-state index is -1.12. The van der Waals surface area contributed by atoms with Gasteiger partial charge in [0, 0.05) is 17.3 Å². The molecule has 148 valence electrons. The van der Waals surface area contributed by atoms with Gasteiger partial charge in [-0.05, 0) is 51.1 Å². The van der Waals surface area contributed by atoms with Crippen LogP contribution < -0.4 is 14.8 Å². The van der Waals surface area contributed by atoms with Gasteiger partial charge in [-0.1, -0.05) is 0 Å². The van der Waals surface area contributed by atoms with Crippen molar-refractivity contribution in [3.05, 3.63) is 53.3 Å². The van der Waals surface area contributed by atoms with Crippen molar-refractivity contribution in [1.82, 2.24) is 0 Å². The van der Waals surface area contributed by atoms with Crippen LogP contribution in [0.4, 0.5) is 10.1 Å². The molecule has 28 heavy (non-hydrogen) atoms. The van der Waals surface area contributed by atoms with Gasteiger partial charge in [-0.25, -0.2) is 9.18 Å². The van der Waals surface area contributed by atoms with Gasteiger partial charge in [-0.3, -0.25) is 0 Å². The Kier molecular flexibility index (Phi) is 7.64. The Morgan fingerprint density at radius 1 is 1.11 bits per heavy atom. The monoisotopic (exact) mass is 386 g/mol. The molecule has 1 unspecified atom stereocenters. The maximum absolute atomic E-state index is 15.1. The molecular formula is C21H23FN2O4. The van der Waals surface area contributed by atoms with Crippen LogP contribution in [0.2, 0.25) is 0 Å². The molecule has 7 heteroatoms. The van der Waals surface area contributed by atoms with Crippen molar-refractivity contribution < 1.29 is 23.4 Å². The van der Waals surface area contributed by atoms with E-state index in [9.17, 15) is 4.79 Å². The average molecular weight is 386 g/mol. The van der Waals surface area contributed by atoms with Crippen LogP contribution in [-0.2, 0) is 9.53 Å². The minimum Gasteiger partial charge on any atom is -0.494 e.